The summed E-state index contributed by atoms with van der Waals surface area (Å²) >= 11 is 0. The monoisotopic (exact) mass is 257 g/mol. The van der Waals surface area contributed by atoms with Gasteiger partial charge in [-0.1, -0.05) is 12.1 Å². The quantitative estimate of drug-likeness (QED) is 0.740. The molecule has 0 amide bonds. The third-order valence-electron chi connectivity index (χ3n) is 2.76. The molecule has 100 valence electrons. The highest BCUT2D eigenvalue weighted by atomic mass is 15.0. The molecular formula is C14H19N5. The Kier molecular flexibility index (Phi) is 4.55. The van der Waals surface area contributed by atoms with E-state index in [0.717, 1.165) is 36.1 Å². The van der Waals surface area contributed by atoms with E-state index in [1.807, 2.05) is 50.5 Å². The Morgan fingerprint density at radius 2 is 1.47 bits per heavy atom. The van der Waals surface area contributed by atoms with E-state index in [0.29, 0.717) is 0 Å². The third kappa shape index (κ3) is 3.84. The number of nitrogens with one attached hydrogen (secondary N) is 3. The van der Waals surface area contributed by atoms with Crippen molar-refractivity contribution in [2.24, 2.45) is 0 Å². The first-order chi connectivity index (χ1) is 9.31. The summed E-state index contributed by atoms with van der Waals surface area (Å²) in [6.45, 7) is 0.806. The number of pyridine rings is 2. The molecule has 0 radical (unpaired) electrons. The number of hydrogen-bond acceptors (Lipinski definition) is 5. The summed E-state index contributed by atoms with van der Waals surface area (Å²) in [4.78, 5) is 8.87. The van der Waals surface area contributed by atoms with Gasteiger partial charge in [0.15, 0.2) is 0 Å². The summed E-state index contributed by atoms with van der Waals surface area (Å²) in [5.41, 5.74) is 1.06. The summed E-state index contributed by atoms with van der Waals surface area (Å²) in [5, 5.41) is 9.35. The van der Waals surface area contributed by atoms with Crippen molar-refractivity contribution in [3.8, 4) is 0 Å². The first-order valence-electron chi connectivity index (χ1n) is 6.34. The molecule has 0 aliphatic heterocycles. The fourth-order valence-electron chi connectivity index (χ4n) is 1.75. The second-order valence-electron chi connectivity index (χ2n) is 4.10. The van der Waals surface area contributed by atoms with E-state index in [4.69, 9.17) is 0 Å². The van der Waals surface area contributed by atoms with Crippen molar-refractivity contribution in [2.45, 2.75) is 6.42 Å². The Morgan fingerprint density at radius 1 is 0.842 bits per heavy atom. The van der Waals surface area contributed by atoms with Crippen molar-refractivity contribution in [3.63, 3.8) is 0 Å². The Hall–Kier alpha value is -2.30. The van der Waals surface area contributed by atoms with Gasteiger partial charge in [0.25, 0.3) is 0 Å². The van der Waals surface area contributed by atoms with Gasteiger partial charge in [0.05, 0.1) is 0 Å². The molecule has 2 aromatic heterocycles. The zero-order chi connectivity index (χ0) is 13.5. The van der Waals surface area contributed by atoms with E-state index in [9.17, 15) is 0 Å². The molecule has 0 spiro atoms. The topological polar surface area (TPSA) is 61.9 Å². The summed E-state index contributed by atoms with van der Waals surface area (Å²) in [6.07, 6.45) is 0.862. The molecule has 5 heteroatoms. The number of rotatable bonds is 6. The lowest BCUT2D eigenvalue weighted by Gasteiger charge is -2.07. The van der Waals surface area contributed by atoms with Gasteiger partial charge < -0.3 is 16.0 Å². The third-order valence-corrected chi connectivity index (χ3v) is 2.76. The highest BCUT2D eigenvalue weighted by molar-refractivity contribution is 5.44. The Morgan fingerprint density at radius 3 is 2.21 bits per heavy atom. The lowest BCUT2D eigenvalue weighted by Crippen LogP contribution is -2.08. The molecule has 3 N–H and O–H groups in total. The van der Waals surface area contributed by atoms with Crippen LogP contribution >= 0.6 is 0 Å². The molecule has 0 saturated heterocycles. The molecule has 2 rings (SSSR count). The van der Waals surface area contributed by atoms with E-state index < -0.39 is 0 Å². The molecular weight excluding hydrogens is 238 g/mol. The van der Waals surface area contributed by atoms with E-state index in [1.54, 1.807) is 0 Å². The van der Waals surface area contributed by atoms with E-state index in [2.05, 4.69) is 25.9 Å². The first kappa shape index (κ1) is 13.1. The van der Waals surface area contributed by atoms with Crippen molar-refractivity contribution in [1.82, 2.24) is 9.97 Å². The van der Waals surface area contributed by atoms with E-state index in [-0.39, 0.29) is 0 Å². The van der Waals surface area contributed by atoms with Gasteiger partial charge in [-0.2, -0.15) is 0 Å². The van der Waals surface area contributed by atoms with Gasteiger partial charge in [0.2, 0.25) is 0 Å². The molecule has 2 aromatic rings. The lowest BCUT2D eigenvalue weighted by atomic mass is 10.2. The zero-order valence-electron chi connectivity index (χ0n) is 11.3. The van der Waals surface area contributed by atoms with Gasteiger partial charge in [-0.05, 0) is 24.3 Å². The van der Waals surface area contributed by atoms with Crippen LogP contribution in [0.1, 0.15) is 5.69 Å². The molecule has 5 nitrogen and oxygen atoms in total. The molecule has 0 unspecified atom stereocenters. The first-order valence-corrected chi connectivity index (χ1v) is 6.34. The minimum atomic E-state index is 0.806. The minimum Gasteiger partial charge on any atom is -0.373 e. The molecule has 0 aliphatic carbocycles. The van der Waals surface area contributed by atoms with Gasteiger partial charge in [0.1, 0.15) is 17.5 Å². The highest BCUT2D eigenvalue weighted by Crippen LogP contribution is 2.09. The standard InChI is InChI=1S/C14H19N5/c1-15-12-6-3-5-11(18-12)9-10-17-14-8-4-7-13(16-2)19-14/h3-8H,9-10H2,1-2H3,(H,15,18)(H2,16,17,19). The van der Waals surface area contributed by atoms with E-state index >= 15 is 0 Å². The molecule has 0 aliphatic rings. The fourth-order valence-corrected chi connectivity index (χ4v) is 1.75. The predicted molar refractivity (Wildman–Crippen MR) is 79.8 cm³/mol. The molecule has 0 atom stereocenters. The van der Waals surface area contributed by atoms with Crippen molar-refractivity contribution < 1.29 is 0 Å². The van der Waals surface area contributed by atoms with Crippen LogP contribution in [0.15, 0.2) is 36.4 Å². The summed E-state index contributed by atoms with van der Waals surface area (Å²) < 4.78 is 0. The van der Waals surface area contributed by atoms with Crippen molar-refractivity contribution >= 4 is 17.5 Å². The van der Waals surface area contributed by atoms with Gasteiger partial charge >= 0.3 is 0 Å². The average molecular weight is 257 g/mol. The normalized spacial score (nSPS) is 10.0. The number of hydrogen-bond donors (Lipinski definition) is 3. The molecule has 0 fully saturated rings. The van der Waals surface area contributed by atoms with Crippen molar-refractivity contribution in [2.75, 3.05) is 36.6 Å². The molecule has 0 saturated carbocycles. The summed E-state index contributed by atoms with van der Waals surface area (Å²) in [7, 11) is 3.73. The fraction of sp³-hybridized carbons (Fsp3) is 0.286. The van der Waals surface area contributed by atoms with Crippen LogP contribution in [0.2, 0.25) is 0 Å². The van der Waals surface area contributed by atoms with Crippen LogP contribution in [-0.4, -0.2) is 30.6 Å². The largest absolute Gasteiger partial charge is 0.373 e. The second kappa shape index (κ2) is 6.58. The van der Waals surface area contributed by atoms with Crippen LogP contribution in [0.3, 0.4) is 0 Å². The van der Waals surface area contributed by atoms with Gasteiger partial charge in [-0.15, -0.1) is 0 Å². The zero-order valence-corrected chi connectivity index (χ0v) is 11.3. The van der Waals surface area contributed by atoms with Crippen LogP contribution in [0.5, 0.6) is 0 Å². The molecule has 0 aromatic carbocycles. The van der Waals surface area contributed by atoms with Crippen LogP contribution < -0.4 is 16.0 Å². The second-order valence-corrected chi connectivity index (χ2v) is 4.10. The highest BCUT2D eigenvalue weighted by Gasteiger charge is 1.98. The maximum atomic E-state index is 4.47. The predicted octanol–water partition coefficient (Wildman–Crippen LogP) is 2.21. The summed E-state index contributed by atoms with van der Waals surface area (Å²) in [5.74, 6) is 2.63. The average Bonchev–Trinajstić information content (AvgIpc) is 2.48. The number of anilines is 3. The molecule has 0 bridgehead atoms. The minimum absolute atomic E-state index is 0.806. The lowest BCUT2D eigenvalue weighted by molar-refractivity contribution is 0.955. The Balaban J connectivity index is 1.88. The van der Waals surface area contributed by atoms with Crippen molar-refractivity contribution in [3.05, 3.63) is 42.1 Å². The number of aromatic nitrogens is 2. The smallest absolute Gasteiger partial charge is 0.128 e. The van der Waals surface area contributed by atoms with Crippen molar-refractivity contribution in [1.29, 1.82) is 0 Å². The van der Waals surface area contributed by atoms with Crippen LogP contribution in [0.25, 0.3) is 0 Å². The Labute approximate surface area is 113 Å². The van der Waals surface area contributed by atoms with Crippen LogP contribution in [0, 0.1) is 0 Å². The number of nitrogens with zero attached hydrogens (tertiary/aromatic N) is 2. The Bertz CT molecular complexity index is 479. The maximum Gasteiger partial charge on any atom is 0.128 e. The SMILES string of the molecule is CNc1cccc(CCNc2cccc(NC)n2)n1. The van der Waals surface area contributed by atoms with Gasteiger partial charge in [-0.25, -0.2) is 9.97 Å². The molecule has 19 heavy (non-hydrogen) atoms. The van der Waals surface area contributed by atoms with E-state index in [1.165, 1.54) is 0 Å². The summed E-state index contributed by atoms with van der Waals surface area (Å²) in [6, 6.07) is 11.9. The van der Waals surface area contributed by atoms with Crippen LogP contribution in [-0.2, 0) is 6.42 Å². The van der Waals surface area contributed by atoms with Crippen LogP contribution in [0.4, 0.5) is 17.5 Å². The van der Waals surface area contributed by atoms with Gasteiger partial charge in [0, 0.05) is 32.8 Å². The maximum absolute atomic E-state index is 4.47. The van der Waals surface area contributed by atoms with Gasteiger partial charge in [-0.3, -0.25) is 0 Å². The molecule has 2 heterocycles.